The van der Waals surface area contributed by atoms with Crippen molar-refractivity contribution in [2.24, 2.45) is 0 Å². The molecular formula is C20H17F4N3O2. The van der Waals surface area contributed by atoms with Crippen molar-refractivity contribution in [3.63, 3.8) is 0 Å². The predicted octanol–water partition coefficient (Wildman–Crippen LogP) is 3.04. The van der Waals surface area contributed by atoms with Gasteiger partial charge in [-0.15, -0.1) is 0 Å². The molecule has 0 bridgehead atoms. The van der Waals surface area contributed by atoms with Crippen molar-refractivity contribution < 1.29 is 27.5 Å². The summed E-state index contributed by atoms with van der Waals surface area (Å²) in [4.78, 5) is 15.5. The minimum Gasteiger partial charge on any atom is -0.394 e. The molecule has 2 aromatic carbocycles. The van der Waals surface area contributed by atoms with Crippen molar-refractivity contribution in [2.75, 3.05) is 31.1 Å². The molecular weight excluding hydrogens is 390 g/mol. The molecule has 1 aliphatic heterocycles. The molecule has 0 saturated carbocycles. The highest BCUT2D eigenvalue weighted by Gasteiger charge is 2.36. The zero-order chi connectivity index (χ0) is 21.2. The number of nitriles is 1. The maximum Gasteiger partial charge on any atom is 0.417 e. The lowest BCUT2D eigenvalue weighted by atomic mass is 10.0. The fraction of sp³-hybridized carbons (Fsp3) is 0.300. The van der Waals surface area contributed by atoms with Gasteiger partial charge in [-0.05, 0) is 30.3 Å². The van der Waals surface area contributed by atoms with Gasteiger partial charge in [-0.3, -0.25) is 4.79 Å². The number of alkyl halides is 3. The van der Waals surface area contributed by atoms with Crippen LogP contribution in [0.3, 0.4) is 0 Å². The summed E-state index contributed by atoms with van der Waals surface area (Å²) < 4.78 is 53.6. The first-order valence-electron chi connectivity index (χ1n) is 8.79. The number of anilines is 1. The summed E-state index contributed by atoms with van der Waals surface area (Å²) in [5.74, 6) is -1.21. The number of hydrogen-bond donors (Lipinski definition) is 1. The van der Waals surface area contributed by atoms with E-state index in [0.29, 0.717) is 0 Å². The number of aliphatic hydroxyl groups is 1. The minimum atomic E-state index is -4.70. The monoisotopic (exact) mass is 407 g/mol. The Kier molecular flexibility index (Phi) is 5.75. The minimum absolute atomic E-state index is 0.0189. The van der Waals surface area contributed by atoms with Gasteiger partial charge in [0.05, 0.1) is 35.4 Å². The Labute approximate surface area is 164 Å². The summed E-state index contributed by atoms with van der Waals surface area (Å²) in [5.41, 5.74) is -1.46. The normalized spacial score (nSPS) is 17.2. The Morgan fingerprint density at radius 3 is 2.55 bits per heavy atom. The number of rotatable bonds is 3. The molecule has 1 amide bonds. The molecule has 1 aliphatic rings. The Hall–Kier alpha value is -3.12. The van der Waals surface area contributed by atoms with E-state index >= 15 is 0 Å². The maximum absolute atomic E-state index is 13.9. The topological polar surface area (TPSA) is 67.6 Å². The van der Waals surface area contributed by atoms with E-state index in [1.807, 2.05) is 0 Å². The van der Waals surface area contributed by atoms with Crippen LogP contribution >= 0.6 is 0 Å². The molecule has 0 spiro atoms. The number of carbonyl (C=O) groups excluding carboxylic acids is 1. The van der Waals surface area contributed by atoms with Crippen LogP contribution in [-0.2, 0) is 6.18 Å². The zero-order valence-corrected chi connectivity index (χ0v) is 15.2. The van der Waals surface area contributed by atoms with E-state index in [1.54, 1.807) is 4.90 Å². The number of halogens is 4. The van der Waals surface area contributed by atoms with Crippen LogP contribution in [-0.4, -0.2) is 48.2 Å². The number of amides is 1. The molecule has 1 heterocycles. The van der Waals surface area contributed by atoms with Crippen molar-refractivity contribution in [1.82, 2.24) is 4.90 Å². The summed E-state index contributed by atoms with van der Waals surface area (Å²) in [6.07, 6.45) is -4.70. The highest BCUT2D eigenvalue weighted by molar-refractivity contribution is 5.94. The van der Waals surface area contributed by atoms with E-state index in [0.717, 1.165) is 12.1 Å². The van der Waals surface area contributed by atoms with E-state index in [1.165, 1.54) is 41.3 Å². The Morgan fingerprint density at radius 2 is 1.93 bits per heavy atom. The van der Waals surface area contributed by atoms with Gasteiger partial charge in [0.2, 0.25) is 0 Å². The van der Waals surface area contributed by atoms with Gasteiger partial charge >= 0.3 is 6.18 Å². The van der Waals surface area contributed by atoms with Crippen LogP contribution in [0.5, 0.6) is 0 Å². The van der Waals surface area contributed by atoms with Gasteiger partial charge in [0.1, 0.15) is 5.82 Å². The predicted molar refractivity (Wildman–Crippen MR) is 96.7 cm³/mol. The van der Waals surface area contributed by atoms with Crippen LogP contribution in [0.2, 0.25) is 0 Å². The van der Waals surface area contributed by atoms with Crippen LogP contribution in [0.15, 0.2) is 42.5 Å². The molecule has 0 aliphatic carbocycles. The maximum atomic E-state index is 13.9. The number of aliphatic hydroxyl groups excluding tert-OH is 1. The number of hydrogen-bond acceptors (Lipinski definition) is 4. The molecule has 0 radical (unpaired) electrons. The molecule has 0 aromatic heterocycles. The molecule has 3 rings (SSSR count). The number of nitrogens with zero attached hydrogens (tertiary/aromatic N) is 3. The van der Waals surface area contributed by atoms with Gasteiger partial charge in [-0.25, -0.2) is 4.39 Å². The van der Waals surface area contributed by atoms with E-state index < -0.39 is 41.7 Å². The average molecular weight is 407 g/mol. The van der Waals surface area contributed by atoms with Gasteiger partial charge in [-0.2, -0.15) is 18.4 Å². The Balaban J connectivity index is 1.85. The number of carbonyl (C=O) groups is 1. The molecule has 1 fully saturated rings. The van der Waals surface area contributed by atoms with Crippen LogP contribution in [0.25, 0.3) is 0 Å². The van der Waals surface area contributed by atoms with E-state index in [4.69, 9.17) is 5.26 Å². The van der Waals surface area contributed by atoms with Crippen LogP contribution in [0.1, 0.15) is 21.5 Å². The lowest BCUT2D eigenvalue weighted by molar-refractivity contribution is -0.137. The van der Waals surface area contributed by atoms with Gasteiger partial charge in [0.15, 0.2) is 0 Å². The first-order valence-corrected chi connectivity index (χ1v) is 8.79. The highest BCUT2D eigenvalue weighted by Crippen LogP contribution is 2.35. The van der Waals surface area contributed by atoms with Crippen LogP contribution < -0.4 is 4.90 Å². The van der Waals surface area contributed by atoms with E-state index in [2.05, 4.69) is 0 Å². The van der Waals surface area contributed by atoms with E-state index in [-0.39, 0.29) is 30.9 Å². The standard InChI is InChI=1S/C20H17F4N3O2/c21-18-4-2-1-3-16(18)19(29)26-7-8-27(15(11-26)12-28)14-6-5-13(10-25)17(9-14)20(22,23)24/h1-6,9,15,28H,7-8,11-12H2. The molecule has 2 aromatic rings. The van der Waals surface area contributed by atoms with Gasteiger partial charge < -0.3 is 14.9 Å². The van der Waals surface area contributed by atoms with Crippen LogP contribution in [0, 0.1) is 17.1 Å². The van der Waals surface area contributed by atoms with E-state index in [9.17, 15) is 27.5 Å². The van der Waals surface area contributed by atoms with Crippen molar-refractivity contribution in [1.29, 1.82) is 5.26 Å². The second-order valence-electron chi connectivity index (χ2n) is 6.60. The second-order valence-corrected chi connectivity index (χ2v) is 6.60. The van der Waals surface area contributed by atoms with Crippen molar-refractivity contribution in [3.05, 3.63) is 65.0 Å². The van der Waals surface area contributed by atoms with Crippen molar-refractivity contribution in [3.8, 4) is 6.07 Å². The molecule has 1 unspecified atom stereocenters. The highest BCUT2D eigenvalue weighted by atomic mass is 19.4. The smallest absolute Gasteiger partial charge is 0.394 e. The third-order valence-corrected chi connectivity index (χ3v) is 4.85. The lowest BCUT2D eigenvalue weighted by Gasteiger charge is -2.42. The molecule has 5 nitrogen and oxygen atoms in total. The summed E-state index contributed by atoms with van der Waals surface area (Å²) in [5, 5.41) is 18.7. The molecule has 1 N–H and O–H groups in total. The summed E-state index contributed by atoms with van der Waals surface area (Å²) in [6.45, 7) is -0.104. The molecule has 1 saturated heterocycles. The zero-order valence-electron chi connectivity index (χ0n) is 15.2. The largest absolute Gasteiger partial charge is 0.417 e. The fourth-order valence-corrected chi connectivity index (χ4v) is 3.38. The average Bonchev–Trinajstić information content (AvgIpc) is 2.72. The molecule has 9 heteroatoms. The first kappa shape index (κ1) is 20.6. The fourth-order valence-electron chi connectivity index (χ4n) is 3.38. The third kappa shape index (κ3) is 4.17. The van der Waals surface area contributed by atoms with Crippen LogP contribution in [0.4, 0.5) is 23.2 Å². The second kappa shape index (κ2) is 8.09. The summed E-state index contributed by atoms with van der Waals surface area (Å²) in [6, 6.07) is 9.71. The number of piperazine rings is 1. The summed E-state index contributed by atoms with van der Waals surface area (Å²) >= 11 is 0. The Bertz CT molecular complexity index is 955. The number of benzene rings is 2. The molecule has 29 heavy (non-hydrogen) atoms. The first-order chi connectivity index (χ1) is 13.8. The van der Waals surface area contributed by atoms with Crippen molar-refractivity contribution >= 4 is 11.6 Å². The molecule has 152 valence electrons. The Morgan fingerprint density at radius 1 is 1.21 bits per heavy atom. The lowest BCUT2D eigenvalue weighted by Crippen LogP contribution is -2.56. The van der Waals surface area contributed by atoms with Crippen molar-refractivity contribution in [2.45, 2.75) is 12.2 Å². The summed E-state index contributed by atoms with van der Waals surface area (Å²) in [7, 11) is 0. The SMILES string of the molecule is N#Cc1ccc(N2CCN(C(=O)c3ccccc3F)CC2CO)cc1C(F)(F)F. The molecule has 1 atom stereocenters. The third-order valence-electron chi connectivity index (χ3n) is 4.85. The quantitative estimate of drug-likeness (QED) is 0.795. The van der Waals surface area contributed by atoms with Gasteiger partial charge in [0.25, 0.3) is 5.91 Å². The van der Waals surface area contributed by atoms with Gasteiger partial charge in [-0.1, -0.05) is 12.1 Å². The van der Waals surface area contributed by atoms with Gasteiger partial charge in [0, 0.05) is 25.3 Å².